The number of pyridine rings is 1. The minimum Gasteiger partial charge on any atom is -0.490 e. The van der Waals surface area contributed by atoms with E-state index >= 15 is 0 Å². The van der Waals surface area contributed by atoms with Crippen LogP contribution in [0.25, 0.3) is 11.3 Å². The van der Waals surface area contributed by atoms with Crippen molar-refractivity contribution in [2.24, 2.45) is 5.92 Å². The van der Waals surface area contributed by atoms with Crippen LogP contribution >= 0.6 is 0 Å². The number of hydrogen-bond donors (Lipinski definition) is 0. The molecule has 0 N–H and O–H groups in total. The molecule has 4 heteroatoms. The summed E-state index contributed by atoms with van der Waals surface area (Å²) in [5.41, 5.74) is 1.98. The zero-order valence-corrected chi connectivity index (χ0v) is 15.0. The SMILES string of the molecule is CC.CC(C)C(=O)COCCOc1ccc(-c2ccccc2)nc1. The number of benzene rings is 1. The molecule has 0 saturated heterocycles. The summed E-state index contributed by atoms with van der Waals surface area (Å²) < 4.78 is 10.8. The quantitative estimate of drug-likeness (QED) is 0.674. The Hall–Kier alpha value is -2.20. The molecular formula is C20H27NO3. The van der Waals surface area contributed by atoms with E-state index in [-0.39, 0.29) is 18.3 Å². The van der Waals surface area contributed by atoms with Crippen molar-refractivity contribution in [1.82, 2.24) is 4.98 Å². The van der Waals surface area contributed by atoms with E-state index in [4.69, 9.17) is 9.47 Å². The number of ether oxygens (including phenoxy) is 2. The fraction of sp³-hybridized carbons (Fsp3) is 0.400. The van der Waals surface area contributed by atoms with Gasteiger partial charge in [0.25, 0.3) is 0 Å². The van der Waals surface area contributed by atoms with Crippen molar-refractivity contribution in [3.63, 3.8) is 0 Å². The Labute approximate surface area is 144 Å². The largest absolute Gasteiger partial charge is 0.490 e. The molecule has 2 aromatic rings. The molecule has 24 heavy (non-hydrogen) atoms. The first-order chi connectivity index (χ1) is 11.7. The first-order valence-corrected chi connectivity index (χ1v) is 8.41. The Kier molecular flexibility index (Phi) is 9.39. The molecule has 0 aliphatic rings. The summed E-state index contributed by atoms with van der Waals surface area (Å²) in [5, 5.41) is 0. The van der Waals surface area contributed by atoms with Gasteiger partial charge in [0.05, 0.1) is 18.5 Å². The van der Waals surface area contributed by atoms with Crippen molar-refractivity contribution in [3.05, 3.63) is 48.7 Å². The van der Waals surface area contributed by atoms with Crippen molar-refractivity contribution >= 4 is 5.78 Å². The van der Waals surface area contributed by atoms with Gasteiger partial charge >= 0.3 is 0 Å². The lowest BCUT2D eigenvalue weighted by atomic mass is 10.1. The highest BCUT2D eigenvalue weighted by atomic mass is 16.5. The molecule has 1 aromatic carbocycles. The molecule has 0 saturated carbocycles. The van der Waals surface area contributed by atoms with Gasteiger partial charge in [-0.25, -0.2) is 0 Å². The molecule has 0 atom stereocenters. The van der Waals surface area contributed by atoms with Crippen LogP contribution in [0.1, 0.15) is 27.7 Å². The Balaban J connectivity index is 0.00000139. The number of Topliss-reactive ketones (excluding diaryl/α,β-unsaturated/α-hetero) is 1. The molecule has 1 heterocycles. The third kappa shape index (κ3) is 6.92. The van der Waals surface area contributed by atoms with Crippen molar-refractivity contribution in [2.75, 3.05) is 19.8 Å². The monoisotopic (exact) mass is 329 g/mol. The van der Waals surface area contributed by atoms with Crippen LogP contribution in [0.15, 0.2) is 48.7 Å². The molecule has 0 radical (unpaired) electrons. The third-order valence-electron chi connectivity index (χ3n) is 3.19. The predicted molar refractivity (Wildman–Crippen MR) is 97.2 cm³/mol. The van der Waals surface area contributed by atoms with Crippen LogP contribution in [0.2, 0.25) is 0 Å². The van der Waals surface area contributed by atoms with Gasteiger partial charge in [-0.05, 0) is 12.1 Å². The molecule has 0 fully saturated rings. The maximum absolute atomic E-state index is 11.4. The summed E-state index contributed by atoms with van der Waals surface area (Å²) in [6, 6.07) is 13.8. The molecule has 4 nitrogen and oxygen atoms in total. The number of carbonyl (C=O) groups excluding carboxylic acids is 1. The highest BCUT2D eigenvalue weighted by Gasteiger charge is 2.06. The highest BCUT2D eigenvalue weighted by Crippen LogP contribution is 2.18. The average molecular weight is 329 g/mol. The smallest absolute Gasteiger partial charge is 0.160 e. The fourth-order valence-corrected chi connectivity index (χ4v) is 1.80. The standard InChI is InChI=1S/C18H21NO3.C2H6/c1-14(2)18(20)13-21-10-11-22-16-8-9-17(19-12-16)15-6-4-3-5-7-15;1-2/h3-9,12,14H,10-11,13H2,1-2H3;1-2H3. The minimum atomic E-state index is 0.00986. The fourth-order valence-electron chi connectivity index (χ4n) is 1.80. The second-order valence-corrected chi connectivity index (χ2v) is 5.27. The topological polar surface area (TPSA) is 48.4 Å². The lowest BCUT2D eigenvalue weighted by Gasteiger charge is -2.08. The molecular weight excluding hydrogens is 302 g/mol. The number of rotatable bonds is 8. The van der Waals surface area contributed by atoms with Gasteiger partial charge in [0.15, 0.2) is 5.78 Å². The number of ketones is 1. The first kappa shape index (κ1) is 19.8. The number of aromatic nitrogens is 1. The third-order valence-corrected chi connectivity index (χ3v) is 3.19. The number of carbonyl (C=O) groups is 1. The Morgan fingerprint density at radius 1 is 1.04 bits per heavy atom. The van der Waals surface area contributed by atoms with Crippen LogP contribution in [0, 0.1) is 5.92 Å². The van der Waals surface area contributed by atoms with Crippen molar-refractivity contribution in [2.45, 2.75) is 27.7 Å². The second kappa shape index (κ2) is 11.4. The van der Waals surface area contributed by atoms with Crippen LogP contribution in [0.3, 0.4) is 0 Å². The van der Waals surface area contributed by atoms with E-state index in [1.807, 2.05) is 70.2 Å². The van der Waals surface area contributed by atoms with Gasteiger partial charge in [-0.15, -0.1) is 0 Å². The molecule has 0 aliphatic carbocycles. The van der Waals surface area contributed by atoms with Gasteiger partial charge < -0.3 is 9.47 Å². The Morgan fingerprint density at radius 2 is 1.75 bits per heavy atom. The Bertz CT molecular complexity index is 580. The lowest BCUT2D eigenvalue weighted by molar-refractivity contribution is -0.126. The van der Waals surface area contributed by atoms with E-state index in [9.17, 15) is 4.79 Å². The average Bonchev–Trinajstić information content (AvgIpc) is 2.64. The summed E-state index contributed by atoms with van der Waals surface area (Å²) in [4.78, 5) is 15.8. The Morgan fingerprint density at radius 3 is 2.33 bits per heavy atom. The van der Waals surface area contributed by atoms with Gasteiger partial charge in [0, 0.05) is 11.5 Å². The van der Waals surface area contributed by atoms with Crippen LogP contribution < -0.4 is 4.74 Å². The van der Waals surface area contributed by atoms with Crippen LogP contribution in [0.4, 0.5) is 0 Å². The molecule has 2 rings (SSSR count). The number of hydrogen-bond acceptors (Lipinski definition) is 4. The maximum Gasteiger partial charge on any atom is 0.160 e. The van der Waals surface area contributed by atoms with Gasteiger partial charge in [-0.3, -0.25) is 9.78 Å². The first-order valence-electron chi connectivity index (χ1n) is 8.41. The molecule has 0 amide bonds. The van der Waals surface area contributed by atoms with Crippen LogP contribution in [-0.2, 0) is 9.53 Å². The van der Waals surface area contributed by atoms with Crippen LogP contribution in [-0.4, -0.2) is 30.6 Å². The molecule has 1 aromatic heterocycles. The van der Waals surface area contributed by atoms with Gasteiger partial charge in [-0.1, -0.05) is 58.0 Å². The molecule has 0 spiro atoms. The van der Waals surface area contributed by atoms with Gasteiger partial charge in [-0.2, -0.15) is 0 Å². The van der Waals surface area contributed by atoms with Gasteiger partial charge in [0.1, 0.15) is 19.0 Å². The van der Waals surface area contributed by atoms with E-state index in [0.29, 0.717) is 19.0 Å². The zero-order chi connectivity index (χ0) is 17.8. The zero-order valence-electron chi connectivity index (χ0n) is 15.0. The normalized spacial score (nSPS) is 10.0. The van der Waals surface area contributed by atoms with E-state index in [1.165, 1.54) is 0 Å². The van der Waals surface area contributed by atoms with Gasteiger partial charge in [0.2, 0.25) is 0 Å². The maximum atomic E-state index is 11.4. The lowest BCUT2D eigenvalue weighted by Crippen LogP contribution is -2.17. The highest BCUT2D eigenvalue weighted by molar-refractivity contribution is 5.81. The van der Waals surface area contributed by atoms with E-state index < -0.39 is 0 Å². The molecule has 130 valence electrons. The van der Waals surface area contributed by atoms with Crippen LogP contribution in [0.5, 0.6) is 5.75 Å². The summed E-state index contributed by atoms with van der Waals surface area (Å²) in [5.74, 6) is 0.808. The summed E-state index contributed by atoms with van der Waals surface area (Å²) >= 11 is 0. The molecule has 0 unspecified atom stereocenters. The number of nitrogens with zero attached hydrogens (tertiary/aromatic N) is 1. The predicted octanol–water partition coefficient (Wildman–Crippen LogP) is 4.40. The van der Waals surface area contributed by atoms with Crippen molar-refractivity contribution < 1.29 is 14.3 Å². The summed E-state index contributed by atoms with van der Waals surface area (Å²) in [7, 11) is 0. The second-order valence-electron chi connectivity index (χ2n) is 5.27. The van der Waals surface area contributed by atoms with Crippen molar-refractivity contribution in [1.29, 1.82) is 0 Å². The van der Waals surface area contributed by atoms with E-state index in [0.717, 1.165) is 11.3 Å². The molecule has 0 aliphatic heterocycles. The summed E-state index contributed by atoms with van der Waals surface area (Å²) in [6.45, 7) is 8.66. The van der Waals surface area contributed by atoms with E-state index in [2.05, 4.69) is 4.98 Å². The minimum absolute atomic E-state index is 0.00986. The molecule has 0 bridgehead atoms. The summed E-state index contributed by atoms with van der Waals surface area (Å²) in [6.07, 6.45) is 1.70. The van der Waals surface area contributed by atoms with Crippen molar-refractivity contribution in [3.8, 4) is 17.0 Å². The van der Waals surface area contributed by atoms with E-state index in [1.54, 1.807) is 6.20 Å².